The van der Waals surface area contributed by atoms with E-state index < -0.39 is 10.8 Å². The molecule has 27 heavy (non-hydrogen) atoms. The third kappa shape index (κ3) is 3.94. The fraction of sp³-hybridized carbons (Fsp3) is 0.600. The zero-order chi connectivity index (χ0) is 19.7. The lowest BCUT2D eigenvalue weighted by Crippen LogP contribution is -2.46. The summed E-state index contributed by atoms with van der Waals surface area (Å²) >= 11 is 0. The Morgan fingerprint density at radius 3 is 2.56 bits per heavy atom. The molecular weight excluding hydrogens is 346 g/mol. The van der Waals surface area contributed by atoms with Crippen LogP contribution in [0.2, 0.25) is 0 Å². The van der Waals surface area contributed by atoms with Crippen molar-refractivity contribution in [2.24, 2.45) is 16.6 Å². The van der Waals surface area contributed by atoms with Gasteiger partial charge in [-0.2, -0.15) is 0 Å². The number of nitrogens with two attached hydrogens (primary N) is 1. The summed E-state index contributed by atoms with van der Waals surface area (Å²) in [5, 5.41) is 2.98. The van der Waals surface area contributed by atoms with Gasteiger partial charge in [-0.1, -0.05) is 20.8 Å². The molecule has 2 heterocycles. The molecule has 2 aliphatic heterocycles. The molecule has 7 nitrogen and oxygen atoms in total. The van der Waals surface area contributed by atoms with Gasteiger partial charge in [0.25, 0.3) is 0 Å². The van der Waals surface area contributed by atoms with Crippen molar-refractivity contribution in [1.29, 1.82) is 0 Å². The minimum absolute atomic E-state index is 0.0263. The van der Waals surface area contributed by atoms with Crippen LogP contribution >= 0.6 is 0 Å². The van der Waals surface area contributed by atoms with Gasteiger partial charge >= 0.3 is 0 Å². The first kappa shape index (κ1) is 19.6. The van der Waals surface area contributed by atoms with Crippen LogP contribution in [0.5, 0.6) is 5.75 Å². The highest BCUT2D eigenvalue weighted by molar-refractivity contribution is 6.00. The molecule has 0 saturated carbocycles. The summed E-state index contributed by atoms with van der Waals surface area (Å²) in [5.41, 5.74) is 6.14. The van der Waals surface area contributed by atoms with Gasteiger partial charge in [0.2, 0.25) is 11.8 Å². The lowest BCUT2D eigenvalue weighted by atomic mass is 9.79. The van der Waals surface area contributed by atoms with Crippen molar-refractivity contribution >= 4 is 23.2 Å². The highest BCUT2D eigenvalue weighted by Crippen LogP contribution is 2.37. The van der Waals surface area contributed by atoms with E-state index in [-0.39, 0.29) is 18.4 Å². The maximum atomic E-state index is 12.9. The minimum atomic E-state index is -0.606. The molecule has 0 spiro atoms. The zero-order valence-electron chi connectivity index (χ0n) is 16.3. The molecule has 0 atom stereocenters. The van der Waals surface area contributed by atoms with Gasteiger partial charge in [0.15, 0.2) is 0 Å². The number of fused-ring (bicyclic) bond motifs is 1. The van der Waals surface area contributed by atoms with Crippen molar-refractivity contribution in [1.82, 2.24) is 0 Å². The summed E-state index contributed by atoms with van der Waals surface area (Å²) in [7, 11) is 0. The van der Waals surface area contributed by atoms with E-state index in [1.165, 1.54) is 0 Å². The highest BCUT2D eigenvalue weighted by atomic mass is 16.5. The molecule has 148 valence electrons. The summed E-state index contributed by atoms with van der Waals surface area (Å²) in [6, 6.07) is 5.40. The second-order valence-electron chi connectivity index (χ2n) is 8.29. The fourth-order valence-electron chi connectivity index (χ4n) is 3.46. The van der Waals surface area contributed by atoms with E-state index in [1.54, 1.807) is 23.1 Å². The first-order valence-electron chi connectivity index (χ1n) is 9.45. The van der Waals surface area contributed by atoms with Gasteiger partial charge in [0, 0.05) is 30.9 Å². The van der Waals surface area contributed by atoms with Crippen molar-refractivity contribution in [2.75, 3.05) is 43.1 Å². The summed E-state index contributed by atoms with van der Waals surface area (Å²) in [6.45, 7) is 7.99. The Labute approximate surface area is 160 Å². The van der Waals surface area contributed by atoms with Crippen LogP contribution in [-0.4, -0.2) is 44.7 Å². The Morgan fingerprint density at radius 2 is 1.93 bits per heavy atom. The van der Waals surface area contributed by atoms with Gasteiger partial charge in [-0.25, -0.2) is 0 Å². The number of ether oxygens (including phenoxy) is 2. The van der Waals surface area contributed by atoms with Gasteiger partial charge in [-0.3, -0.25) is 9.59 Å². The van der Waals surface area contributed by atoms with E-state index in [2.05, 4.69) is 5.32 Å². The molecule has 3 N–H and O–H groups in total. The topological polar surface area (TPSA) is 93.9 Å². The van der Waals surface area contributed by atoms with Crippen LogP contribution in [-0.2, 0) is 14.3 Å². The molecule has 2 aliphatic rings. The standard InChI is InChI=1S/C20H29N3O4/c1-19(2,3)18(25)23-8-11-27-16-5-4-14(12-15(16)23)22-17(24)20(13-21)6-9-26-10-7-20/h4-5,12H,6-11,13,21H2,1-3H3,(H,22,24). The van der Waals surface area contributed by atoms with E-state index in [1.807, 2.05) is 20.8 Å². The molecule has 2 amide bonds. The van der Waals surface area contributed by atoms with Gasteiger partial charge in [-0.15, -0.1) is 0 Å². The molecule has 0 unspecified atom stereocenters. The van der Waals surface area contributed by atoms with E-state index >= 15 is 0 Å². The molecule has 7 heteroatoms. The molecule has 1 aromatic rings. The van der Waals surface area contributed by atoms with Gasteiger partial charge in [0.05, 0.1) is 17.6 Å². The van der Waals surface area contributed by atoms with Crippen molar-refractivity contribution in [2.45, 2.75) is 33.6 Å². The normalized spacial score (nSPS) is 19.0. The van der Waals surface area contributed by atoms with Gasteiger partial charge in [-0.05, 0) is 31.0 Å². The van der Waals surface area contributed by atoms with Crippen LogP contribution in [0.4, 0.5) is 11.4 Å². The predicted molar refractivity (Wildman–Crippen MR) is 104 cm³/mol. The second-order valence-corrected chi connectivity index (χ2v) is 8.29. The molecule has 3 rings (SSSR count). The summed E-state index contributed by atoms with van der Waals surface area (Å²) in [4.78, 5) is 27.5. The number of hydrogen-bond donors (Lipinski definition) is 2. The van der Waals surface area contributed by atoms with Gasteiger partial charge < -0.3 is 25.4 Å². The van der Waals surface area contributed by atoms with Crippen molar-refractivity contribution in [3.8, 4) is 5.75 Å². The molecule has 0 radical (unpaired) electrons. The first-order valence-corrected chi connectivity index (χ1v) is 9.45. The number of carbonyl (C=O) groups is 2. The van der Waals surface area contributed by atoms with Crippen LogP contribution in [0, 0.1) is 10.8 Å². The Balaban J connectivity index is 1.84. The Kier molecular flexibility index (Phi) is 5.44. The molecule has 0 aliphatic carbocycles. The third-order valence-electron chi connectivity index (χ3n) is 5.29. The van der Waals surface area contributed by atoms with E-state index in [0.717, 1.165) is 0 Å². The Hall–Kier alpha value is -2.12. The third-order valence-corrected chi connectivity index (χ3v) is 5.29. The van der Waals surface area contributed by atoms with E-state index in [9.17, 15) is 9.59 Å². The molecule has 1 fully saturated rings. The average molecular weight is 375 g/mol. The van der Waals surface area contributed by atoms with Crippen LogP contribution in [0.1, 0.15) is 33.6 Å². The summed E-state index contributed by atoms with van der Waals surface area (Å²) in [5.74, 6) is 0.577. The maximum absolute atomic E-state index is 12.9. The minimum Gasteiger partial charge on any atom is -0.490 e. The number of carbonyl (C=O) groups excluding carboxylic acids is 2. The van der Waals surface area contributed by atoms with Crippen LogP contribution in [0.3, 0.4) is 0 Å². The molecule has 1 aromatic carbocycles. The van der Waals surface area contributed by atoms with Crippen molar-refractivity contribution < 1.29 is 19.1 Å². The predicted octanol–water partition coefficient (Wildman–Crippen LogP) is 2.15. The second kappa shape index (κ2) is 7.48. The lowest BCUT2D eigenvalue weighted by Gasteiger charge is -2.35. The number of hydrogen-bond acceptors (Lipinski definition) is 5. The zero-order valence-corrected chi connectivity index (χ0v) is 16.3. The van der Waals surface area contributed by atoms with E-state index in [4.69, 9.17) is 15.2 Å². The molecule has 0 bridgehead atoms. The van der Waals surface area contributed by atoms with Crippen LogP contribution in [0.15, 0.2) is 18.2 Å². The Bertz CT molecular complexity index is 720. The SMILES string of the molecule is CC(C)(C)C(=O)N1CCOc2ccc(NC(=O)C3(CN)CCOCC3)cc21. The first-order chi connectivity index (χ1) is 12.8. The number of nitrogens with zero attached hydrogens (tertiary/aromatic N) is 1. The lowest BCUT2D eigenvalue weighted by molar-refractivity contribution is -0.130. The molecule has 0 aromatic heterocycles. The number of anilines is 2. The molecular formula is C20H29N3O4. The van der Waals surface area contributed by atoms with Crippen molar-refractivity contribution in [3.05, 3.63) is 18.2 Å². The number of amides is 2. The number of benzene rings is 1. The van der Waals surface area contributed by atoms with Gasteiger partial charge in [0.1, 0.15) is 12.4 Å². The monoisotopic (exact) mass is 375 g/mol. The largest absolute Gasteiger partial charge is 0.490 e. The fourth-order valence-corrected chi connectivity index (χ4v) is 3.46. The number of rotatable bonds is 3. The van der Waals surface area contributed by atoms with Crippen molar-refractivity contribution in [3.63, 3.8) is 0 Å². The Morgan fingerprint density at radius 1 is 1.22 bits per heavy atom. The average Bonchev–Trinajstić information content (AvgIpc) is 2.66. The maximum Gasteiger partial charge on any atom is 0.232 e. The smallest absolute Gasteiger partial charge is 0.232 e. The molecule has 1 saturated heterocycles. The van der Waals surface area contributed by atoms with E-state index in [0.29, 0.717) is 56.3 Å². The number of nitrogens with one attached hydrogen (secondary N) is 1. The highest BCUT2D eigenvalue weighted by Gasteiger charge is 2.39. The van der Waals surface area contributed by atoms with Crippen LogP contribution in [0.25, 0.3) is 0 Å². The quantitative estimate of drug-likeness (QED) is 0.844. The summed E-state index contributed by atoms with van der Waals surface area (Å²) in [6.07, 6.45) is 1.22. The summed E-state index contributed by atoms with van der Waals surface area (Å²) < 4.78 is 11.1. The van der Waals surface area contributed by atoms with Crippen LogP contribution < -0.4 is 20.7 Å².